The van der Waals surface area contributed by atoms with Gasteiger partial charge in [-0.15, -0.1) is 0 Å². The summed E-state index contributed by atoms with van der Waals surface area (Å²) in [6, 6.07) is 8.11. The first-order chi connectivity index (χ1) is 10.1. The quantitative estimate of drug-likeness (QED) is 0.838. The Balaban J connectivity index is 1.67. The summed E-state index contributed by atoms with van der Waals surface area (Å²) in [5.41, 5.74) is 2.21. The maximum atomic E-state index is 11.9. The van der Waals surface area contributed by atoms with Gasteiger partial charge in [-0.2, -0.15) is 9.40 Å². The number of rotatable bonds is 4. The topological polar surface area (TPSA) is 57.9 Å². The van der Waals surface area contributed by atoms with Gasteiger partial charge in [0, 0.05) is 38.9 Å². The van der Waals surface area contributed by atoms with E-state index in [1.54, 1.807) is 17.4 Å². The minimum absolute atomic E-state index is 0.180. The summed E-state index contributed by atoms with van der Waals surface area (Å²) in [6.07, 6.45) is 1.80. The standard InChI is InChI=1S/C14H20N4O2S/c1-2-21(19,20)17-10-8-16(9-11-17)12-14-5-3-4-13-6-7-15-18(13)14/h3-7H,2,8-12H2,1H3. The Hall–Kier alpha value is -1.44. The number of piperazine rings is 1. The SMILES string of the molecule is CCS(=O)(=O)N1CCN(Cc2cccc3ccnn23)CC1. The molecule has 3 rings (SSSR count). The van der Waals surface area contributed by atoms with E-state index >= 15 is 0 Å². The van der Waals surface area contributed by atoms with Crippen molar-refractivity contribution < 1.29 is 8.42 Å². The lowest BCUT2D eigenvalue weighted by molar-refractivity contribution is 0.179. The molecular formula is C14H20N4O2S. The van der Waals surface area contributed by atoms with E-state index in [1.807, 2.05) is 22.7 Å². The van der Waals surface area contributed by atoms with Crippen molar-refractivity contribution >= 4 is 15.5 Å². The molecule has 21 heavy (non-hydrogen) atoms. The van der Waals surface area contributed by atoms with E-state index in [9.17, 15) is 8.42 Å². The van der Waals surface area contributed by atoms with E-state index in [1.165, 1.54) is 0 Å². The van der Waals surface area contributed by atoms with Gasteiger partial charge < -0.3 is 0 Å². The molecule has 0 atom stereocenters. The fourth-order valence-corrected chi connectivity index (χ4v) is 3.79. The van der Waals surface area contributed by atoms with Crippen LogP contribution in [0.2, 0.25) is 0 Å². The third-order valence-electron chi connectivity index (χ3n) is 3.97. The predicted octanol–water partition coefficient (Wildman–Crippen LogP) is 0.802. The van der Waals surface area contributed by atoms with Crippen molar-refractivity contribution in [3.8, 4) is 0 Å². The molecule has 0 unspecified atom stereocenters. The summed E-state index contributed by atoms with van der Waals surface area (Å²) in [5.74, 6) is 0.180. The largest absolute Gasteiger partial charge is 0.295 e. The first kappa shape index (κ1) is 14.5. The molecule has 0 N–H and O–H groups in total. The second-order valence-corrected chi connectivity index (χ2v) is 7.52. The van der Waals surface area contributed by atoms with Crippen LogP contribution in [0.25, 0.3) is 5.52 Å². The van der Waals surface area contributed by atoms with E-state index in [2.05, 4.69) is 16.1 Å². The van der Waals surface area contributed by atoms with Crippen molar-refractivity contribution in [3.05, 3.63) is 36.2 Å². The first-order valence-electron chi connectivity index (χ1n) is 7.22. The van der Waals surface area contributed by atoms with Gasteiger partial charge in [0.2, 0.25) is 10.0 Å². The Morgan fingerprint density at radius 1 is 1.14 bits per heavy atom. The number of hydrogen-bond acceptors (Lipinski definition) is 4. The summed E-state index contributed by atoms with van der Waals surface area (Å²) in [6.45, 7) is 5.16. The van der Waals surface area contributed by atoms with Crippen LogP contribution in [0.5, 0.6) is 0 Å². The zero-order chi connectivity index (χ0) is 14.9. The van der Waals surface area contributed by atoms with Gasteiger partial charge in [-0.25, -0.2) is 12.9 Å². The fraction of sp³-hybridized carbons (Fsp3) is 0.500. The smallest absolute Gasteiger partial charge is 0.213 e. The van der Waals surface area contributed by atoms with Gasteiger partial charge in [0.05, 0.1) is 17.0 Å². The number of aromatic nitrogens is 2. The maximum absolute atomic E-state index is 11.9. The van der Waals surface area contributed by atoms with Crippen LogP contribution >= 0.6 is 0 Å². The van der Waals surface area contributed by atoms with Gasteiger partial charge in [-0.1, -0.05) is 6.07 Å². The first-order valence-corrected chi connectivity index (χ1v) is 8.83. The molecule has 1 aliphatic heterocycles. The summed E-state index contributed by atoms with van der Waals surface area (Å²) in [4.78, 5) is 2.28. The van der Waals surface area contributed by atoms with Gasteiger partial charge in [0.15, 0.2) is 0 Å². The van der Waals surface area contributed by atoms with Gasteiger partial charge in [-0.05, 0) is 25.1 Å². The van der Waals surface area contributed by atoms with E-state index in [0.29, 0.717) is 13.1 Å². The van der Waals surface area contributed by atoms with E-state index in [-0.39, 0.29) is 5.75 Å². The molecule has 7 heteroatoms. The summed E-state index contributed by atoms with van der Waals surface area (Å²) in [7, 11) is -3.05. The van der Waals surface area contributed by atoms with Crippen molar-refractivity contribution in [1.29, 1.82) is 0 Å². The lowest BCUT2D eigenvalue weighted by Crippen LogP contribution is -2.48. The Labute approximate surface area is 125 Å². The number of sulfonamides is 1. The average molecular weight is 308 g/mol. The van der Waals surface area contributed by atoms with Crippen LogP contribution in [-0.4, -0.2) is 59.2 Å². The highest BCUT2D eigenvalue weighted by molar-refractivity contribution is 7.89. The molecule has 6 nitrogen and oxygen atoms in total. The molecule has 0 saturated carbocycles. The molecule has 1 aliphatic rings. The van der Waals surface area contributed by atoms with Crippen LogP contribution in [0.3, 0.4) is 0 Å². The molecule has 0 spiro atoms. The molecule has 1 saturated heterocycles. The number of fused-ring (bicyclic) bond motifs is 1. The number of pyridine rings is 1. The number of hydrogen-bond donors (Lipinski definition) is 0. The minimum Gasteiger partial charge on any atom is -0.295 e. The van der Waals surface area contributed by atoms with Gasteiger partial charge in [0.25, 0.3) is 0 Å². The maximum Gasteiger partial charge on any atom is 0.213 e. The number of nitrogens with zero attached hydrogens (tertiary/aromatic N) is 4. The monoisotopic (exact) mass is 308 g/mol. The van der Waals surface area contributed by atoms with E-state index < -0.39 is 10.0 Å². The summed E-state index contributed by atoms with van der Waals surface area (Å²) in [5, 5.41) is 4.34. The van der Waals surface area contributed by atoms with Crippen LogP contribution < -0.4 is 0 Å². The highest BCUT2D eigenvalue weighted by Crippen LogP contribution is 2.13. The van der Waals surface area contributed by atoms with Crippen molar-refractivity contribution in [2.24, 2.45) is 0 Å². The normalized spacial score (nSPS) is 18.3. The minimum atomic E-state index is -3.05. The predicted molar refractivity (Wildman–Crippen MR) is 81.5 cm³/mol. The van der Waals surface area contributed by atoms with Crippen molar-refractivity contribution in [1.82, 2.24) is 18.8 Å². The lowest BCUT2D eigenvalue weighted by atomic mass is 10.3. The molecule has 3 heterocycles. The van der Waals surface area contributed by atoms with Crippen LogP contribution in [0.1, 0.15) is 12.6 Å². The average Bonchev–Trinajstić information content (AvgIpc) is 2.97. The summed E-state index contributed by atoms with van der Waals surface area (Å²) < 4.78 is 27.2. The Kier molecular flexibility index (Phi) is 3.97. The molecule has 0 radical (unpaired) electrons. The highest BCUT2D eigenvalue weighted by Gasteiger charge is 2.25. The molecule has 114 valence electrons. The second kappa shape index (κ2) is 5.75. The summed E-state index contributed by atoms with van der Waals surface area (Å²) >= 11 is 0. The highest BCUT2D eigenvalue weighted by atomic mass is 32.2. The fourth-order valence-electron chi connectivity index (χ4n) is 2.71. The van der Waals surface area contributed by atoms with Crippen molar-refractivity contribution in [2.75, 3.05) is 31.9 Å². The molecule has 0 aliphatic carbocycles. The zero-order valence-corrected chi connectivity index (χ0v) is 13.0. The van der Waals surface area contributed by atoms with Crippen molar-refractivity contribution in [3.63, 3.8) is 0 Å². The van der Waals surface area contributed by atoms with Crippen LogP contribution in [0.4, 0.5) is 0 Å². The molecular weight excluding hydrogens is 288 g/mol. The van der Waals surface area contributed by atoms with Crippen LogP contribution in [0.15, 0.2) is 30.5 Å². The van der Waals surface area contributed by atoms with Crippen LogP contribution in [-0.2, 0) is 16.6 Å². The van der Waals surface area contributed by atoms with Crippen molar-refractivity contribution in [2.45, 2.75) is 13.5 Å². The Morgan fingerprint density at radius 3 is 2.62 bits per heavy atom. The molecule has 2 aromatic rings. The Bertz CT molecular complexity index is 717. The lowest BCUT2D eigenvalue weighted by Gasteiger charge is -2.33. The third kappa shape index (κ3) is 2.95. The van der Waals surface area contributed by atoms with E-state index in [0.717, 1.165) is 30.8 Å². The Morgan fingerprint density at radius 2 is 1.90 bits per heavy atom. The second-order valence-electron chi connectivity index (χ2n) is 5.26. The third-order valence-corrected chi connectivity index (χ3v) is 5.86. The van der Waals surface area contributed by atoms with Crippen LogP contribution in [0, 0.1) is 0 Å². The van der Waals surface area contributed by atoms with Gasteiger partial charge >= 0.3 is 0 Å². The molecule has 0 aromatic carbocycles. The zero-order valence-electron chi connectivity index (χ0n) is 12.1. The van der Waals surface area contributed by atoms with Gasteiger partial charge in [0.1, 0.15) is 0 Å². The van der Waals surface area contributed by atoms with E-state index in [4.69, 9.17) is 0 Å². The molecule has 1 fully saturated rings. The molecule has 2 aromatic heterocycles. The van der Waals surface area contributed by atoms with Gasteiger partial charge in [-0.3, -0.25) is 4.90 Å². The molecule has 0 bridgehead atoms. The molecule has 0 amide bonds.